The van der Waals surface area contributed by atoms with Crippen LogP contribution in [-0.4, -0.2) is 52.0 Å². The summed E-state index contributed by atoms with van der Waals surface area (Å²) >= 11 is 0. The summed E-state index contributed by atoms with van der Waals surface area (Å²) < 4.78 is 25.1. The number of allylic oxidation sites excluding steroid dienone is 2. The molecule has 0 aromatic heterocycles. The van der Waals surface area contributed by atoms with E-state index in [9.17, 15) is 14.4 Å². The summed E-state index contributed by atoms with van der Waals surface area (Å²) in [4.78, 5) is 38.9. The summed E-state index contributed by atoms with van der Waals surface area (Å²) in [6, 6.07) is 8.49. The van der Waals surface area contributed by atoms with Crippen LogP contribution < -0.4 is 4.43 Å². The molecule has 0 bridgehead atoms. The van der Waals surface area contributed by atoms with Gasteiger partial charge >= 0.3 is 11.9 Å². The van der Waals surface area contributed by atoms with Crippen molar-refractivity contribution in [1.29, 1.82) is 0 Å². The molecule has 0 radical (unpaired) electrons. The van der Waals surface area contributed by atoms with E-state index in [1.807, 2.05) is 13.0 Å². The van der Waals surface area contributed by atoms with Gasteiger partial charge in [0.15, 0.2) is 0 Å². The Morgan fingerprint density at radius 3 is 2.52 bits per heavy atom. The van der Waals surface area contributed by atoms with Crippen LogP contribution in [0.1, 0.15) is 79.2 Å². The van der Waals surface area contributed by atoms with Gasteiger partial charge in [-0.2, -0.15) is 0 Å². The van der Waals surface area contributed by atoms with Gasteiger partial charge in [-0.15, -0.1) is 0 Å². The van der Waals surface area contributed by atoms with Crippen LogP contribution in [0.15, 0.2) is 47.1 Å². The summed E-state index contributed by atoms with van der Waals surface area (Å²) in [6.45, 7) is 19.7. The van der Waals surface area contributed by atoms with Crippen molar-refractivity contribution in [1.82, 2.24) is 0 Å². The van der Waals surface area contributed by atoms with E-state index in [-0.39, 0.29) is 47.3 Å². The minimum absolute atomic E-state index is 0.0874. The first kappa shape index (κ1) is 31.3. The van der Waals surface area contributed by atoms with Gasteiger partial charge in [0.25, 0.3) is 0 Å². The molecular weight excluding hydrogens is 572 g/mol. The monoisotopic (exact) mass is 620 g/mol. The van der Waals surface area contributed by atoms with Crippen molar-refractivity contribution in [3.8, 4) is 5.75 Å². The normalized spacial score (nSPS) is 39.2. The fraction of sp³-hybridized carbons (Fsp3) is 0.639. The van der Waals surface area contributed by atoms with Crippen LogP contribution in [0, 0.1) is 28.1 Å². The molecule has 2 aliphatic heterocycles. The Kier molecular flexibility index (Phi) is 7.03. The fourth-order valence-corrected chi connectivity index (χ4v) is 10.8. The lowest BCUT2D eigenvalue weighted by molar-refractivity contribution is -0.188. The molecule has 5 aliphatic rings. The van der Waals surface area contributed by atoms with E-state index in [2.05, 4.69) is 78.9 Å². The van der Waals surface area contributed by atoms with Gasteiger partial charge in [0, 0.05) is 23.7 Å². The highest BCUT2D eigenvalue weighted by Crippen LogP contribution is 2.73. The molecule has 44 heavy (non-hydrogen) atoms. The Bertz CT molecular complexity index is 1490. The number of rotatable bonds is 6. The summed E-state index contributed by atoms with van der Waals surface area (Å²) in [5.74, 6) is -0.0322. The first-order valence-electron chi connectivity index (χ1n) is 16.0. The number of hydrogen-bond donors (Lipinski definition) is 0. The second-order valence-electron chi connectivity index (χ2n) is 16.1. The number of carbonyl (C=O) groups excluding carboxylic acids is 3. The van der Waals surface area contributed by atoms with E-state index in [0.717, 1.165) is 18.5 Å². The second-order valence-corrected chi connectivity index (χ2v) is 20.9. The Morgan fingerprint density at radius 1 is 1.18 bits per heavy atom. The number of hydrogen-bond acceptors (Lipinski definition) is 7. The van der Waals surface area contributed by atoms with Crippen LogP contribution in [0.2, 0.25) is 18.1 Å². The van der Waals surface area contributed by atoms with Gasteiger partial charge in [0.1, 0.15) is 24.2 Å². The van der Waals surface area contributed by atoms with Crippen molar-refractivity contribution >= 4 is 26.5 Å². The molecule has 2 saturated heterocycles. The molecule has 238 valence electrons. The smallest absolute Gasteiger partial charge is 0.316 e. The molecule has 3 aliphatic carbocycles. The molecule has 8 heteroatoms. The third-order valence-corrected chi connectivity index (χ3v) is 17.0. The maximum absolute atomic E-state index is 13.5. The molecule has 1 aromatic rings. The Hall–Kier alpha value is -2.71. The van der Waals surface area contributed by atoms with E-state index < -0.39 is 36.8 Å². The maximum Gasteiger partial charge on any atom is 0.316 e. The van der Waals surface area contributed by atoms with Crippen molar-refractivity contribution in [2.24, 2.45) is 28.1 Å². The van der Waals surface area contributed by atoms with Gasteiger partial charge < -0.3 is 18.6 Å². The molecule has 0 N–H and O–H groups in total. The van der Waals surface area contributed by atoms with E-state index in [1.165, 1.54) is 23.8 Å². The topological polar surface area (TPSA) is 88.1 Å². The first-order valence-corrected chi connectivity index (χ1v) is 18.9. The lowest BCUT2D eigenvalue weighted by atomic mass is 9.41. The molecule has 1 unspecified atom stereocenters. The SMILES string of the molecule is COC(=O)CC1[C@]2(C)C3=C(C)[C@H](c4cccc(O[Si](C)(C)C(C)(C)C)c4)C[C@H]3O[C@@H]2[C@@H]2OC(=O)[C@]3(C)C=C(C=O)C[C@@]1(C)[C@@H]23. The lowest BCUT2D eigenvalue weighted by Crippen LogP contribution is -2.64. The minimum Gasteiger partial charge on any atom is -0.543 e. The highest BCUT2D eigenvalue weighted by atomic mass is 28.4. The Labute approximate surface area is 262 Å². The number of fused-ring (bicyclic) bond motifs is 4. The molecule has 2 heterocycles. The van der Waals surface area contributed by atoms with Crippen molar-refractivity contribution in [3.05, 3.63) is 52.6 Å². The van der Waals surface area contributed by atoms with E-state index in [0.29, 0.717) is 12.0 Å². The fourth-order valence-electron chi connectivity index (χ4n) is 9.76. The molecule has 3 fully saturated rings. The molecular formula is C36H48O7Si. The predicted molar refractivity (Wildman–Crippen MR) is 170 cm³/mol. The largest absolute Gasteiger partial charge is 0.543 e. The summed E-state index contributed by atoms with van der Waals surface area (Å²) in [5.41, 5.74) is 2.11. The Balaban J connectivity index is 1.45. The number of ether oxygens (including phenoxy) is 3. The number of methoxy groups -OCH3 is 1. The predicted octanol–water partition coefficient (Wildman–Crippen LogP) is 6.92. The van der Waals surface area contributed by atoms with Crippen molar-refractivity contribution < 1.29 is 33.0 Å². The first-order chi connectivity index (χ1) is 20.4. The standard InChI is InChI=1S/C36H48O7Si/c1-20-24(22-12-11-13-23(14-22)43-44(9,10)33(2,3)4)15-25-28(20)36(7)26(16-27(38)40-8)34(5)17-21(19-37)18-35(6)30(34)29(31(36)41-25)42-32(35)39/h11-14,18-19,24-26,29-31H,15-17H2,1-10H3/t24-,25-,26?,29-,30-,31-,34-,35-,36-/m1/s1. The van der Waals surface area contributed by atoms with Gasteiger partial charge in [-0.3, -0.25) is 14.4 Å². The highest BCUT2D eigenvalue weighted by molar-refractivity contribution is 6.74. The molecule has 1 aromatic carbocycles. The quantitative estimate of drug-likeness (QED) is 0.148. The number of carbonyl (C=O) groups is 3. The van der Waals surface area contributed by atoms with Gasteiger partial charge in [-0.05, 0) is 85.0 Å². The van der Waals surface area contributed by atoms with E-state index in [1.54, 1.807) is 0 Å². The summed E-state index contributed by atoms with van der Waals surface area (Å²) in [7, 11) is -0.597. The molecule has 0 spiro atoms. The zero-order valence-electron chi connectivity index (χ0n) is 27.9. The van der Waals surface area contributed by atoms with Crippen LogP contribution in [0.5, 0.6) is 5.75 Å². The zero-order valence-corrected chi connectivity index (χ0v) is 28.9. The number of esters is 2. The van der Waals surface area contributed by atoms with Crippen LogP contribution >= 0.6 is 0 Å². The average molecular weight is 621 g/mol. The van der Waals surface area contributed by atoms with E-state index >= 15 is 0 Å². The number of benzene rings is 1. The summed E-state index contributed by atoms with van der Waals surface area (Å²) in [5, 5.41) is 0.0874. The van der Waals surface area contributed by atoms with Gasteiger partial charge in [0.05, 0.1) is 18.6 Å². The van der Waals surface area contributed by atoms with Crippen LogP contribution in [0.25, 0.3) is 0 Å². The average Bonchev–Trinajstić information content (AvgIpc) is 3.52. The van der Waals surface area contributed by atoms with Gasteiger partial charge in [-0.1, -0.05) is 58.4 Å². The zero-order chi connectivity index (χ0) is 32.2. The third-order valence-electron chi connectivity index (χ3n) is 12.6. The van der Waals surface area contributed by atoms with Gasteiger partial charge in [-0.25, -0.2) is 0 Å². The van der Waals surface area contributed by atoms with Crippen LogP contribution in [-0.2, 0) is 28.6 Å². The summed E-state index contributed by atoms with van der Waals surface area (Å²) in [6.07, 6.45) is 3.07. The lowest BCUT2D eigenvalue weighted by Gasteiger charge is -2.60. The van der Waals surface area contributed by atoms with Crippen molar-refractivity contribution in [2.75, 3.05) is 7.11 Å². The maximum atomic E-state index is 13.5. The van der Waals surface area contributed by atoms with Gasteiger partial charge in [0.2, 0.25) is 8.32 Å². The van der Waals surface area contributed by atoms with Crippen molar-refractivity contribution in [3.63, 3.8) is 0 Å². The van der Waals surface area contributed by atoms with Crippen molar-refractivity contribution in [2.45, 2.75) is 110 Å². The minimum atomic E-state index is -2.02. The molecule has 6 rings (SSSR count). The van der Waals surface area contributed by atoms with Crippen LogP contribution in [0.4, 0.5) is 0 Å². The molecule has 1 saturated carbocycles. The molecule has 9 atom stereocenters. The van der Waals surface area contributed by atoms with E-state index in [4.69, 9.17) is 18.6 Å². The molecule has 0 amide bonds. The number of aldehydes is 1. The highest BCUT2D eigenvalue weighted by Gasteiger charge is 2.76. The Morgan fingerprint density at radius 2 is 1.89 bits per heavy atom. The second kappa shape index (κ2) is 9.89. The molecule has 7 nitrogen and oxygen atoms in total. The third kappa shape index (κ3) is 4.19. The van der Waals surface area contributed by atoms with Crippen LogP contribution in [0.3, 0.4) is 0 Å².